The second-order valence-electron chi connectivity index (χ2n) is 7.06. The van der Waals surface area contributed by atoms with Gasteiger partial charge >= 0.3 is 0 Å². The van der Waals surface area contributed by atoms with Crippen LogP contribution in [0.1, 0.15) is 68.1 Å². The van der Waals surface area contributed by atoms with Crippen molar-refractivity contribution in [2.24, 2.45) is 0 Å². The Morgan fingerprint density at radius 3 is 2.61 bits per heavy atom. The van der Waals surface area contributed by atoms with E-state index in [2.05, 4.69) is 31.9 Å². The summed E-state index contributed by atoms with van der Waals surface area (Å²) in [5, 5.41) is 13.0. The Kier molecular flexibility index (Phi) is 3.83. The minimum atomic E-state index is 0.569. The van der Waals surface area contributed by atoms with Crippen LogP contribution in [0.5, 0.6) is 0 Å². The van der Waals surface area contributed by atoms with E-state index in [0.29, 0.717) is 18.5 Å². The lowest BCUT2D eigenvalue weighted by atomic mass is 9.95. The molecule has 0 amide bonds. The molecule has 0 aliphatic heterocycles. The normalized spacial score (nSPS) is 19.2. The fourth-order valence-corrected chi connectivity index (χ4v) is 3.64. The van der Waals surface area contributed by atoms with Gasteiger partial charge in [0.1, 0.15) is 5.82 Å². The molecular formula is C17H25N5O. The molecule has 4 rings (SSSR count). The molecule has 6 heteroatoms. The van der Waals surface area contributed by atoms with E-state index in [1.54, 1.807) is 0 Å². The van der Waals surface area contributed by atoms with Crippen molar-refractivity contribution >= 4 is 5.95 Å². The summed E-state index contributed by atoms with van der Waals surface area (Å²) in [5.74, 6) is 3.53. The van der Waals surface area contributed by atoms with Crippen molar-refractivity contribution in [3.63, 3.8) is 0 Å². The summed E-state index contributed by atoms with van der Waals surface area (Å²) in [5.41, 5.74) is 0.920. The van der Waals surface area contributed by atoms with Crippen LogP contribution in [-0.4, -0.2) is 33.0 Å². The van der Waals surface area contributed by atoms with Crippen LogP contribution in [0.25, 0.3) is 0 Å². The zero-order chi connectivity index (χ0) is 15.8. The summed E-state index contributed by atoms with van der Waals surface area (Å²) in [6.45, 7) is 2.63. The third-order valence-corrected chi connectivity index (χ3v) is 5.13. The summed E-state index contributed by atoms with van der Waals surface area (Å²) in [6, 6.07) is 2.58. The lowest BCUT2D eigenvalue weighted by molar-refractivity contribution is 0.369. The van der Waals surface area contributed by atoms with Gasteiger partial charge in [-0.25, -0.2) is 0 Å². The van der Waals surface area contributed by atoms with Gasteiger partial charge in [-0.1, -0.05) is 24.4 Å². The second-order valence-corrected chi connectivity index (χ2v) is 7.06. The molecule has 6 nitrogen and oxygen atoms in total. The van der Waals surface area contributed by atoms with Crippen LogP contribution in [0.3, 0.4) is 0 Å². The molecule has 0 saturated heterocycles. The highest BCUT2D eigenvalue weighted by Gasteiger charge is 2.32. The monoisotopic (exact) mass is 315 g/mol. The van der Waals surface area contributed by atoms with Gasteiger partial charge in [0, 0.05) is 25.1 Å². The van der Waals surface area contributed by atoms with Crippen LogP contribution in [0, 0.1) is 6.92 Å². The molecule has 2 aromatic heterocycles. The smallest absolute Gasteiger partial charge is 0.227 e. The van der Waals surface area contributed by atoms with Crippen LogP contribution in [0.2, 0.25) is 0 Å². The number of rotatable bonds is 5. The maximum absolute atomic E-state index is 5.43. The van der Waals surface area contributed by atoms with E-state index in [1.807, 2.05) is 13.0 Å². The summed E-state index contributed by atoms with van der Waals surface area (Å²) >= 11 is 0. The molecule has 2 heterocycles. The number of anilines is 1. The van der Waals surface area contributed by atoms with Crippen LogP contribution in [0.15, 0.2) is 10.6 Å². The van der Waals surface area contributed by atoms with E-state index in [-0.39, 0.29) is 0 Å². The van der Waals surface area contributed by atoms with Crippen molar-refractivity contribution in [1.82, 2.24) is 19.9 Å². The zero-order valence-corrected chi connectivity index (χ0v) is 14.0. The number of nitrogens with zero attached hydrogens (tertiary/aromatic N) is 5. The van der Waals surface area contributed by atoms with E-state index in [4.69, 9.17) is 4.52 Å². The van der Waals surface area contributed by atoms with E-state index in [0.717, 1.165) is 23.2 Å². The van der Waals surface area contributed by atoms with Crippen molar-refractivity contribution in [2.75, 3.05) is 11.9 Å². The Balaban J connectivity index is 1.62. The molecule has 0 N–H and O–H groups in total. The molecule has 124 valence electrons. The number of aryl methyl sites for hydroxylation is 1. The molecule has 2 aliphatic carbocycles. The van der Waals surface area contributed by atoms with Gasteiger partial charge in [-0.2, -0.15) is 0 Å². The van der Waals surface area contributed by atoms with Crippen LogP contribution in [0.4, 0.5) is 5.95 Å². The van der Waals surface area contributed by atoms with Crippen molar-refractivity contribution in [2.45, 2.75) is 70.4 Å². The molecule has 0 unspecified atom stereocenters. The molecular weight excluding hydrogens is 290 g/mol. The SMILES string of the molecule is Cc1cc(Cn2c(C3CC3)nnc2N(C)C2CCCCC2)on1. The number of aromatic nitrogens is 4. The summed E-state index contributed by atoms with van der Waals surface area (Å²) in [4.78, 5) is 2.33. The van der Waals surface area contributed by atoms with Gasteiger partial charge in [0.05, 0.1) is 12.2 Å². The highest BCUT2D eigenvalue weighted by molar-refractivity contribution is 5.34. The second kappa shape index (κ2) is 5.98. The Labute approximate surface area is 136 Å². The summed E-state index contributed by atoms with van der Waals surface area (Å²) in [6.07, 6.45) is 8.95. The molecule has 2 saturated carbocycles. The standard InChI is InChI=1S/C17H25N5O/c1-12-10-15(23-20-12)11-22-16(13-8-9-13)18-19-17(22)21(2)14-6-4-3-5-7-14/h10,13-14H,3-9,11H2,1-2H3. The van der Waals surface area contributed by atoms with Gasteiger partial charge < -0.3 is 9.42 Å². The predicted molar refractivity (Wildman–Crippen MR) is 87.6 cm³/mol. The largest absolute Gasteiger partial charge is 0.359 e. The fraction of sp³-hybridized carbons (Fsp3) is 0.706. The third kappa shape index (κ3) is 2.99. The van der Waals surface area contributed by atoms with Gasteiger partial charge in [0.25, 0.3) is 0 Å². The first-order valence-electron chi connectivity index (χ1n) is 8.80. The molecule has 0 radical (unpaired) electrons. The van der Waals surface area contributed by atoms with Gasteiger partial charge in [-0.05, 0) is 32.6 Å². The number of hydrogen-bond donors (Lipinski definition) is 0. The van der Waals surface area contributed by atoms with Crippen molar-refractivity contribution in [1.29, 1.82) is 0 Å². The van der Waals surface area contributed by atoms with Gasteiger partial charge in [-0.15, -0.1) is 10.2 Å². The molecule has 0 spiro atoms. The van der Waals surface area contributed by atoms with E-state index in [9.17, 15) is 0 Å². The van der Waals surface area contributed by atoms with Crippen LogP contribution < -0.4 is 4.90 Å². The fourth-order valence-electron chi connectivity index (χ4n) is 3.64. The molecule has 2 aliphatic rings. The number of hydrogen-bond acceptors (Lipinski definition) is 5. The minimum Gasteiger partial charge on any atom is -0.359 e. The molecule has 0 atom stereocenters. The van der Waals surface area contributed by atoms with Crippen LogP contribution >= 0.6 is 0 Å². The Hall–Kier alpha value is -1.85. The van der Waals surface area contributed by atoms with E-state index >= 15 is 0 Å². The predicted octanol–water partition coefficient (Wildman–Crippen LogP) is 3.27. The Bertz CT molecular complexity index is 666. The average Bonchev–Trinajstić information content (AvgIpc) is 3.21. The van der Waals surface area contributed by atoms with Gasteiger partial charge in [0.15, 0.2) is 5.76 Å². The van der Waals surface area contributed by atoms with Crippen molar-refractivity contribution in [3.05, 3.63) is 23.3 Å². The zero-order valence-electron chi connectivity index (χ0n) is 14.0. The third-order valence-electron chi connectivity index (χ3n) is 5.13. The lowest BCUT2D eigenvalue weighted by Gasteiger charge is -2.31. The van der Waals surface area contributed by atoms with E-state index < -0.39 is 0 Å². The van der Waals surface area contributed by atoms with Crippen molar-refractivity contribution in [3.8, 4) is 0 Å². The highest BCUT2D eigenvalue weighted by atomic mass is 16.5. The maximum atomic E-state index is 5.43. The topological polar surface area (TPSA) is 60.0 Å². The quantitative estimate of drug-likeness (QED) is 0.847. The Morgan fingerprint density at radius 2 is 1.96 bits per heavy atom. The lowest BCUT2D eigenvalue weighted by Crippen LogP contribution is -2.35. The minimum absolute atomic E-state index is 0.569. The molecule has 0 aromatic carbocycles. The summed E-state index contributed by atoms with van der Waals surface area (Å²) < 4.78 is 7.67. The molecule has 0 bridgehead atoms. The molecule has 2 fully saturated rings. The van der Waals surface area contributed by atoms with Gasteiger partial charge in [-0.3, -0.25) is 4.57 Å². The average molecular weight is 315 g/mol. The summed E-state index contributed by atoms with van der Waals surface area (Å²) in [7, 11) is 2.17. The highest BCUT2D eigenvalue weighted by Crippen LogP contribution is 2.40. The Morgan fingerprint density at radius 1 is 1.17 bits per heavy atom. The molecule has 2 aromatic rings. The first-order chi connectivity index (χ1) is 11.2. The van der Waals surface area contributed by atoms with E-state index in [1.165, 1.54) is 44.9 Å². The van der Waals surface area contributed by atoms with Crippen molar-refractivity contribution < 1.29 is 4.52 Å². The first kappa shape index (κ1) is 14.7. The maximum Gasteiger partial charge on any atom is 0.227 e. The van der Waals surface area contributed by atoms with Gasteiger partial charge in [0.2, 0.25) is 5.95 Å². The van der Waals surface area contributed by atoms with Crippen LogP contribution in [-0.2, 0) is 6.54 Å². The first-order valence-corrected chi connectivity index (χ1v) is 8.80. The molecule has 23 heavy (non-hydrogen) atoms.